The number of ether oxygens (including phenoxy) is 2. The molecule has 1 unspecified atom stereocenters. The molecule has 68 valence electrons. The van der Waals surface area contributed by atoms with E-state index in [-0.39, 0.29) is 17.9 Å². The van der Waals surface area contributed by atoms with Gasteiger partial charge in [0.2, 0.25) is 0 Å². The van der Waals surface area contributed by atoms with E-state index in [2.05, 4.69) is 12.2 Å². The van der Waals surface area contributed by atoms with Gasteiger partial charge in [0, 0.05) is 13.7 Å². The molecular formula is C7H16ClNO2. The predicted octanol–water partition coefficient (Wildman–Crippen LogP) is 0.433. The quantitative estimate of drug-likeness (QED) is 0.671. The van der Waals surface area contributed by atoms with Gasteiger partial charge in [-0.05, 0) is 6.92 Å². The van der Waals surface area contributed by atoms with Gasteiger partial charge in [0.15, 0.2) is 0 Å². The van der Waals surface area contributed by atoms with E-state index in [0.717, 1.165) is 19.8 Å². The Morgan fingerprint density at radius 3 is 2.82 bits per heavy atom. The van der Waals surface area contributed by atoms with Crippen LogP contribution in [0.25, 0.3) is 0 Å². The molecule has 0 aromatic rings. The van der Waals surface area contributed by atoms with Crippen LogP contribution >= 0.6 is 12.4 Å². The Morgan fingerprint density at radius 1 is 1.64 bits per heavy atom. The van der Waals surface area contributed by atoms with E-state index in [9.17, 15) is 0 Å². The summed E-state index contributed by atoms with van der Waals surface area (Å²) in [5.41, 5.74) is 0.0347. The van der Waals surface area contributed by atoms with Crippen LogP contribution in [-0.4, -0.2) is 39.0 Å². The lowest BCUT2D eigenvalue weighted by atomic mass is 10.0. The number of hydrogen-bond acceptors (Lipinski definition) is 3. The highest BCUT2D eigenvalue weighted by Gasteiger charge is 2.26. The van der Waals surface area contributed by atoms with Crippen LogP contribution in [0.15, 0.2) is 0 Å². The Labute approximate surface area is 73.9 Å². The van der Waals surface area contributed by atoms with E-state index in [1.807, 2.05) is 0 Å². The first-order valence-electron chi connectivity index (χ1n) is 3.58. The average molecular weight is 182 g/mol. The third-order valence-electron chi connectivity index (χ3n) is 1.68. The molecule has 3 nitrogen and oxygen atoms in total. The van der Waals surface area contributed by atoms with Crippen molar-refractivity contribution in [2.24, 2.45) is 0 Å². The molecule has 1 rings (SSSR count). The van der Waals surface area contributed by atoms with Gasteiger partial charge in [-0.1, -0.05) is 0 Å². The lowest BCUT2D eigenvalue weighted by Gasteiger charge is -2.33. The van der Waals surface area contributed by atoms with Crippen molar-refractivity contribution >= 4 is 12.4 Å². The van der Waals surface area contributed by atoms with Crippen LogP contribution in [0.4, 0.5) is 0 Å². The molecule has 1 fully saturated rings. The molecule has 0 aromatic heterocycles. The molecule has 0 radical (unpaired) electrons. The average Bonchev–Trinajstić information content (AvgIpc) is 1.89. The number of halogens is 1. The molecule has 1 N–H and O–H groups in total. The summed E-state index contributed by atoms with van der Waals surface area (Å²) in [6.07, 6.45) is 0. The van der Waals surface area contributed by atoms with Crippen LogP contribution in [0.5, 0.6) is 0 Å². The SMILES string of the molecule is COCC1(C)COCCN1.Cl. The molecule has 1 heterocycles. The maximum Gasteiger partial charge on any atom is 0.0668 e. The summed E-state index contributed by atoms with van der Waals surface area (Å²) in [5.74, 6) is 0. The van der Waals surface area contributed by atoms with Crippen molar-refractivity contribution in [3.05, 3.63) is 0 Å². The molecule has 0 amide bonds. The highest BCUT2D eigenvalue weighted by Crippen LogP contribution is 2.07. The van der Waals surface area contributed by atoms with Crippen molar-refractivity contribution in [2.45, 2.75) is 12.5 Å². The molecule has 0 spiro atoms. The predicted molar refractivity (Wildman–Crippen MR) is 46.4 cm³/mol. The fraction of sp³-hybridized carbons (Fsp3) is 1.00. The monoisotopic (exact) mass is 181 g/mol. The van der Waals surface area contributed by atoms with Crippen molar-refractivity contribution in [3.63, 3.8) is 0 Å². The summed E-state index contributed by atoms with van der Waals surface area (Å²) in [6.45, 7) is 5.32. The summed E-state index contributed by atoms with van der Waals surface area (Å²) >= 11 is 0. The summed E-state index contributed by atoms with van der Waals surface area (Å²) in [7, 11) is 1.71. The minimum absolute atomic E-state index is 0. The zero-order valence-corrected chi connectivity index (χ0v) is 7.87. The summed E-state index contributed by atoms with van der Waals surface area (Å²) < 4.78 is 10.3. The van der Waals surface area contributed by atoms with Gasteiger partial charge in [0.1, 0.15) is 0 Å². The largest absolute Gasteiger partial charge is 0.383 e. The van der Waals surface area contributed by atoms with Crippen LogP contribution in [0, 0.1) is 0 Å². The van der Waals surface area contributed by atoms with Crippen LogP contribution in [0.3, 0.4) is 0 Å². The van der Waals surface area contributed by atoms with E-state index < -0.39 is 0 Å². The molecule has 1 atom stereocenters. The van der Waals surface area contributed by atoms with Crippen LogP contribution in [0.1, 0.15) is 6.92 Å². The van der Waals surface area contributed by atoms with Crippen LogP contribution in [-0.2, 0) is 9.47 Å². The topological polar surface area (TPSA) is 30.5 Å². The van der Waals surface area contributed by atoms with Crippen molar-refractivity contribution in [3.8, 4) is 0 Å². The summed E-state index contributed by atoms with van der Waals surface area (Å²) in [5, 5.41) is 3.35. The minimum atomic E-state index is 0. The van der Waals surface area contributed by atoms with Gasteiger partial charge in [-0.2, -0.15) is 0 Å². The molecule has 4 heteroatoms. The maximum absolute atomic E-state index is 5.30. The van der Waals surface area contributed by atoms with E-state index >= 15 is 0 Å². The van der Waals surface area contributed by atoms with Gasteiger partial charge < -0.3 is 14.8 Å². The molecule has 1 aliphatic heterocycles. The lowest BCUT2D eigenvalue weighted by molar-refractivity contribution is -0.00319. The number of methoxy groups -OCH3 is 1. The molecular weight excluding hydrogens is 166 g/mol. The lowest BCUT2D eigenvalue weighted by Crippen LogP contribution is -2.54. The smallest absolute Gasteiger partial charge is 0.0668 e. The number of rotatable bonds is 2. The minimum Gasteiger partial charge on any atom is -0.383 e. The van der Waals surface area contributed by atoms with Crippen molar-refractivity contribution in [2.75, 3.05) is 33.5 Å². The van der Waals surface area contributed by atoms with Crippen LogP contribution in [0.2, 0.25) is 0 Å². The molecule has 0 saturated carbocycles. The fourth-order valence-corrected chi connectivity index (χ4v) is 1.18. The normalized spacial score (nSPS) is 31.1. The zero-order chi connectivity index (χ0) is 7.45. The molecule has 0 bridgehead atoms. The van der Waals surface area contributed by atoms with Gasteiger partial charge in [-0.25, -0.2) is 0 Å². The van der Waals surface area contributed by atoms with Gasteiger partial charge in [0.25, 0.3) is 0 Å². The molecule has 1 saturated heterocycles. The Bertz CT molecular complexity index is 99.1. The molecule has 1 aliphatic rings. The molecule has 11 heavy (non-hydrogen) atoms. The Morgan fingerprint density at radius 2 is 2.36 bits per heavy atom. The second-order valence-electron chi connectivity index (χ2n) is 2.97. The maximum atomic E-state index is 5.30. The second kappa shape index (κ2) is 4.93. The van der Waals surface area contributed by atoms with E-state index in [0.29, 0.717) is 6.61 Å². The Kier molecular flexibility index (Phi) is 5.01. The van der Waals surface area contributed by atoms with Gasteiger partial charge in [-0.3, -0.25) is 0 Å². The third-order valence-corrected chi connectivity index (χ3v) is 1.68. The summed E-state index contributed by atoms with van der Waals surface area (Å²) in [6, 6.07) is 0. The highest BCUT2D eigenvalue weighted by atomic mass is 35.5. The zero-order valence-electron chi connectivity index (χ0n) is 7.05. The van der Waals surface area contributed by atoms with Crippen molar-refractivity contribution in [1.82, 2.24) is 5.32 Å². The third kappa shape index (κ3) is 3.38. The van der Waals surface area contributed by atoms with Gasteiger partial charge >= 0.3 is 0 Å². The second-order valence-corrected chi connectivity index (χ2v) is 2.97. The first-order valence-corrected chi connectivity index (χ1v) is 3.58. The number of hydrogen-bond donors (Lipinski definition) is 1. The van der Waals surface area contributed by atoms with E-state index in [4.69, 9.17) is 9.47 Å². The number of morpholine rings is 1. The first-order chi connectivity index (χ1) is 4.77. The van der Waals surface area contributed by atoms with Gasteiger partial charge in [0.05, 0.1) is 25.4 Å². The van der Waals surface area contributed by atoms with Crippen molar-refractivity contribution in [1.29, 1.82) is 0 Å². The molecule has 0 aliphatic carbocycles. The van der Waals surface area contributed by atoms with Gasteiger partial charge in [-0.15, -0.1) is 12.4 Å². The van der Waals surface area contributed by atoms with Crippen LogP contribution < -0.4 is 5.32 Å². The standard InChI is InChI=1S/C7H15NO2.ClH/c1-7(5-9-2)6-10-4-3-8-7;/h8H,3-6H2,1-2H3;1H. The summed E-state index contributed by atoms with van der Waals surface area (Å²) in [4.78, 5) is 0. The van der Waals surface area contributed by atoms with Crippen molar-refractivity contribution < 1.29 is 9.47 Å². The Balaban J connectivity index is 0.000001000. The van der Waals surface area contributed by atoms with E-state index in [1.54, 1.807) is 7.11 Å². The first kappa shape index (κ1) is 11.2. The fourth-order valence-electron chi connectivity index (χ4n) is 1.18. The molecule has 0 aromatic carbocycles. The van der Waals surface area contributed by atoms with E-state index in [1.165, 1.54) is 0 Å². The number of nitrogens with one attached hydrogen (secondary N) is 1. The Hall–Kier alpha value is 0.170. The highest BCUT2D eigenvalue weighted by molar-refractivity contribution is 5.85.